The Hall–Kier alpha value is -1.42. The minimum Gasteiger partial charge on any atom is -0.769 e. The smallest absolute Gasteiger partial charge is 0.109 e. The first-order valence-electron chi connectivity index (χ1n) is 6.26. The van der Waals surface area contributed by atoms with Gasteiger partial charge in [-0.05, 0) is 49.2 Å². The summed E-state index contributed by atoms with van der Waals surface area (Å²) in [5.41, 5.74) is 1.95. The first-order chi connectivity index (χ1) is 10.4. The molecule has 2 rings (SSSR count). The van der Waals surface area contributed by atoms with Crippen LogP contribution < -0.4 is 10.5 Å². The predicted octanol–water partition coefficient (Wildman–Crippen LogP) is 4.49. The number of rotatable bonds is 5. The van der Waals surface area contributed by atoms with Gasteiger partial charge in [-0.2, -0.15) is 0 Å². The molecule has 0 bridgehead atoms. The van der Waals surface area contributed by atoms with Gasteiger partial charge in [0, 0.05) is 15.5 Å². The molecular formula is C14H14N2O4S2-2. The lowest BCUT2D eigenvalue weighted by atomic mass is 10.2. The standard InChI is InChI=1S/C14H14N2O4S2/c1-9-3-5-13(11(7-9)15(17)18)21-22-14-6-4-10(2)8-12(14)16(19)20/h3-8,17-18H,1-2H3/q-2. The van der Waals surface area contributed by atoms with Crippen LogP contribution in [0.5, 0.6) is 0 Å². The number of aryl methyl sites for hydroxylation is 2. The summed E-state index contributed by atoms with van der Waals surface area (Å²) >= 11 is 0. The summed E-state index contributed by atoms with van der Waals surface area (Å²) in [5, 5.41) is 40.4. The Morgan fingerprint density at radius 2 is 1.27 bits per heavy atom. The molecule has 0 aromatic heterocycles. The molecule has 118 valence electrons. The van der Waals surface area contributed by atoms with E-state index < -0.39 is 5.23 Å². The summed E-state index contributed by atoms with van der Waals surface area (Å²) in [7, 11) is 2.43. The largest absolute Gasteiger partial charge is 0.769 e. The Kier molecular flexibility index (Phi) is 5.57. The van der Waals surface area contributed by atoms with E-state index in [0.717, 1.165) is 11.1 Å². The van der Waals surface area contributed by atoms with Crippen molar-refractivity contribution in [2.24, 2.45) is 0 Å². The molecule has 0 saturated heterocycles. The first-order valence-corrected chi connectivity index (χ1v) is 8.41. The number of benzene rings is 2. The topological polar surface area (TPSA) is 93.1 Å². The van der Waals surface area contributed by atoms with Gasteiger partial charge in [-0.3, -0.25) is 10.4 Å². The van der Waals surface area contributed by atoms with Gasteiger partial charge in [0.1, 0.15) is 5.69 Å². The van der Waals surface area contributed by atoms with Gasteiger partial charge in [-0.1, -0.05) is 33.7 Å². The molecule has 0 atom stereocenters. The highest BCUT2D eigenvalue weighted by atomic mass is 33.1. The Bertz CT molecular complexity index is 608. The van der Waals surface area contributed by atoms with Gasteiger partial charge in [0.15, 0.2) is 0 Å². The van der Waals surface area contributed by atoms with Gasteiger partial charge in [0.2, 0.25) is 0 Å². The molecule has 22 heavy (non-hydrogen) atoms. The van der Waals surface area contributed by atoms with Crippen molar-refractivity contribution < 1.29 is 10.4 Å². The summed E-state index contributed by atoms with van der Waals surface area (Å²) in [4.78, 5) is 1.10. The molecule has 0 fully saturated rings. The van der Waals surface area contributed by atoms with Crippen molar-refractivity contribution in [1.29, 1.82) is 0 Å². The Morgan fingerprint density at radius 3 is 1.73 bits per heavy atom. The fraction of sp³-hybridized carbons (Fsp3) is 0.143. The Morgan fingerprint density at radius 1 is 0.818 bits per heavy atom. The quantitative estimate of drug-likeness (QED) is 0.608. The molecule has 2 N–H and O–H groups in total. The van der Waals surface area contributed by atoms with Crippen LogP contribution in [0.25, 0.3) is 0 Å². The fourth-order valence-corrected chi connectivity index (χ4v) is 4.04. The van der Waals surface area contributed by atoms with Crippen molar-refractivity contribution in [1.82, 2.24) is 0 Å². The Balaban J connectivity index is 2.24. The van der Waals surface area contributed by atoms with Crippen molar-refractivity contribution in [2.45, 2.75) is 23.6 Å². The van der Waals surface area contributed by atoms with E-state index in [4.69, 9.17) is 0 Å². The highest BCUT2D eigenvalue weighted by Gasteiger charge is 2.11. The molecule has 0 saturated carbocycles. The van der Waals surface area contributed by atoms with E-state index in [-0.39, 0.29) is 16.6 Å². The van der Waals surface area contributed by atoms with Crippen LogP contribution in [0.2, 0.25) is 0 Å². The van der Waals surface area contributed by atoms with Crippen molar-refractivity contribution in [3.05, 3.63) is 57.9 Å². The molecule has 0 aliphatic rings. The molecule has 0 aliphatic heterocycles. The molecule has 0 radical (unpaired) electrons. The van der Waals surface area contributed by atoms with Crippen LogP contribution in [-0.2, 0) is 0 Å². The van der Waals surface area contributed by atoms with Crippen LogP contribution >= 0.6 is 21.6 Å². The lowest BCUT2D eigenvalue weighted by Gasteiger charge is -2.39. The van der Waals surface area contributed by atoms with Crippen LogP contribution in [0.3, 0.4) is 0 Å². The molecule has 8 heteroatoms. The van der Waals surface area contributed by atoms with Gasteiger partial charge in [-0.15, -0.1) is 5.23 Å². The maximum absolute atomic E-state index is 11.1. The molecule has 0 aliphatic carbocycles. The van der Waals surface area contributed by atoms with E-state index in [1.807, 2.05) is 13.0 Å². The van der Waals surface area contributed by atoms with Crippen molar-refractivity contribution >= 4 is 33.0 Å². The predicted molar refractivity (Wildman–Crippen MR) is 89.3 cm³/mol. The summed E-state index contributed by atoms with van der Waals surface area (Å²) in [5.74, 6) is 0. The minimum absolute atomic E-state index is 0.0380. The summed E-state index contributed by atoms with van der Waals surface area (Å²) in [6.45, 7) is 3.63. The highest BCUT2D eigenvalue weighted by Crippen LogP contribution is 2.45. The average molecular weight is 338 g/mol. The second-order valence-corrected chi connectivity index (χ2v) is 6.87. The van der Waals surface area contributed by atoms with Crippen molar-refractivity contribution in [3.63, 3.8) is 0 Å². The van der Waals surface area contributed by atoms with E-state index in [2.05, 4.69) is 0 Å². The molecule has 2 aromatic carbocycles. The molecule has 0 amide bonds. The third-order valence-electron chi connectivity index (χ3n) is 2.86. The lowest BCUT2D eigenvalue weighted by molar-refractivity contribution is 0.0277. The van der Waals surface area contributed by atoms with Crippen LogP contribution in [0.1, 0.15) is 11.1 Å². The number of hydrogen-bond donors (Lipinski definition) is 2. The molecular weight excluding hydrogens is 324 g/mol. The third kappa shape index (κ3) is 4.07. The normalized spacial score (nSPS) is 10.6. The van der Waals surface area contributed by atoms with Crippen LogP contribution in [0, 0.1) is 24.3 Å². The monoisotopic (exact) mass is 338 g/mol. The molecule has 6 nitrogen and oxygen atoms in total. The SMILES string of the molecule is Cc1ccc(SSc2ccc(C)cc2N(O)O)c(N([O-])[O-])c1. The van der Waals surface area contributed by atoms with Crippen molar-refractivity contribution in [2.75, 3.05) is 10.5 Å². The second-order valence-electron chi connectivity index (χ2n) is 4.66. The zero-order chi connectivity index (χ0) is 16.3. The number of hydrogen-bond acceptors (Lipinski definition) is 8. The molecule has 0 heterocycles. The lowest BCUT2D eigenvalue weighted by Crippen LogP contribution is -2.12. The second kappa shape index (κ2) is 7.23. The molecule has 0 unspecified atom stereocenters. The van der Waals surface area contributed by atoms with E-state index >= 15 is 0 Å². The number of nitrogens with zero attached hydrogens (tertiary/aromatic N) is 2. The van der Waals surface area contributed by atoms with Gasteiger partial charge in [-0.25, -0.2) is 0 Å². The van der Waals surface area contributed by atoms with Crippen LogP contribution in [0.15, 0.2) is 46.2 Å². The van der Waals surface area contributed by atoms with Gasteiger partial charge in [0.05, 0.1) is 0 Å². The maximum Gasteiger partial charge on any atom is 0.109 e. The maximum atomic E-state index is 11.1. The van der Waals surface area contributed by atoms with E-state index in [1.165, 1.54) is 27.7 Å². The fourth-order valence-electron chi connectivity index (χ4n) is 1.78. The minimum atomic E-state index is -0.420. The van der Waals surface area contributed by atoms with Gasteiger partial charge >= 0.3 is 0 Å². The Labute approximate surface area is 135 Å². The molecule has 2 aromatic rings. The summed E-state index contributed by atoms with van der Waals surface area (Å²) < 4.78 is 0. The van der Waals surface area contributed by atoms with Gasteiger partial charge < -0.3 is 15.6 Å². The highest BCUT2D eigenvalue weighted by molar-refractivity contribution is 8.76. The summed E-state index contributed by atoms with van der Waals surface area (Å²) in [6, 6.07) is 10.2. The van der Waals surface area contributed by atoms with E-state index in [1.54, 1.807) is 31.2 Å². The summed E-state index contributed by atoms with van der Waals surface area (Å²) in [6.07, 6.45) is 0. The van der Waals surface area contributed by atoms with Gasteiger partial charge in [0.25, 0.3) is 0 Å². The van der Waals surface area contributed by atoms with Crippen molar-refractivity contribution in [3.8, 4) is 0 Å². The average Bonchev–Trinajstić information content (AvgIpc) is 2.46. The number of anilines is 2. The zero-order valence-corrected chi connectivity index (χ0v) is 13.5. The zero-order valence-electron chi connectivity index (χ0n) is 11.9. The molecule has 0 spiro atoms. The first kappa shape index (κ1) is 16.9. The van der Waals surface area contributed by atoms with E-state index in [0.29, 0.717) is 9.79 Å². The van der Waals surface area contributed by atoms with Crippen LogP contribution in [0.4, 0.5) is 11.4 Å². The van der Waals surface area contributed by atoms with E-state index in [9.17, 15) is 20.8 Å². The van der Waals surface area contributed by atoms with Crippen LogP contribution in [-0.4, -0.2) is 10.4 Å². The third-order valence-corrected chi connectivity index (χ3v) is 5.32.